The molecule has 2 nitrogen and oxygen atoms in total. The second kappa shape index (κ2) is 16.1. The van der Waals surface area contributed by atoms with Gasteiger partial charge in [0.15, 0.2) is 0 Å². The summed E-state index contributed by atoms with van der Waals surface area (Å²) in [6, 6.07) is 0. The van der Waals surface area contributed by atoms with Crippen LogP contribution in [0.5, 0.6) is 0 Å². The molecular weight excluding hydrogens is 207 g/mol. The van der Waals surface area contributed by atoms with E-state index in [-0.39, 0.29) is 18.9 Å². The number of unbranched alkanes of at least 4 members (excludes halogenated alkanes) is 10. The van der Waals surface area contributed by atoms with Crippen molar-refractivity contribution in [2.24, 2.45) is 0 Å². The molecule has 0 amide bonds. The van der Waals surface area contributed by atoms with Crippen LogP contribution in [0.2, 0.25) is 0 Å². The Kier molecular flexibility index (Phi) is 18.3. The van der Waals surface area contributed by atoms with E-state index >= 15 is 0 Å². The molecule has 0 aliphatic heterocycles. The zero-order chi connectivity index (χ0) is 12.1. The van der Waals surface area contributed by atoms with Gasteiger partial charge in [-0.05, 0) is 6.42 Å². The second-order valence-corrected chi connectivity index (χ2v) is 4.68. The first-order valence-electron chi connectivity index (χ1n) is 6.99. The molecule has 0 aromatic rings. The number of carboxylic acids is 1. The van der Waals surface area contributed by atoms with E-state index in [1.807, 2.05) is 0 Å². The summed E-state index contributed by atoms with van der Waals surface area (Å²) in [6.07, 6.45) is 14.4. The molecule has 0 saturated heterocycles. The van der Waals surface area contributed by atoms with Crippen LogP contribution >= 0.6 is 0 Å². The molecule has 0 fully saturated rings. The van der Waals surface area contributed by atoms with E-state index < -0.39 is 5.97 Å². The average molecular weight is 236 g/mol. The van der Waals surface area contributed by atoms with Gasteiger partial charge in [-0.15, -0.1) is 0 Å². The Labute approximate surface area is 119 Å². The zero-order valence-corrected chi connectivity index (χ0v) is 10.8. The summed E-state index contributed by atoms with van der Waals surface area (Å²) >= 11 is 0. The fourth-order valence-electron chi connectivity index (χ4n) is 1.94. The van der Waals surface area contributed by atoms with Crippen molar-refractivity contribution in [2.75, 3.05) is 0 Å². The van der Waals surface area contributed by atoms with Crippen molar-refractivity contribution >= 4 is 24.8 Å². The molecule has 0 radical (unpaired) electrons. The first kappa shape index (κ1) is 19.4. The van der Waals surface area contributed by atoms with Gasteiger partial charge < -0.3 is 5.11 Å². The Morgan fingerprint density at radius 3 is 1.47 bits per heavy atom. The first-order valence-corrected chi connectivity index (χ1v) is 6.99. The Bertz CT molecular complexity index is 160. The van der Waals surface area contributed by atoms with Crippen LogP contribution in [0.15, 0.2) is 0 Å². The van der Waals surface area contributed by atoms with Gasteiger partial charge in [0.1, 0.15) is 0 Å². The summed E-state index contributed by atoms with van der Waals surface area (Å²) in [4.78, 5) is 10.3. The van der Waals surface area contributed by atoms with Gasteiger partial charge in [0.2, 0.25) is 0 Å². The fraction of sp³-hybridized carbons (Fsp3) is 0.929. The van der Waals surface area contributed by atoms with Gasteiger partial charge in [-0.1, -0.05) is 71.1 Å². The van der Waals surface area contributed by atoms with Gasteiger partial charge in [0, 0.05) is 6.42 Å². The van der Waals surface area contributed by atoms with Crippen LogP contribution in [0.25, 0.3) is 0 Å². The van der Waals surface area contributed by atoms with Crippen LogP contribution < -0.4 is 0 Å². The third-order valence-electron chi connectivity index (χ3n) is 2.99. The van der Waals surface area contributed by atoms with Gasteiger partial charge in [0.05, 0.1) is 0 Å². The summed E-state index contributed by atoms with van der Waals surface area (Å²) in [5, 5.41) is 8.46. The van der Waals surface area contributed by atoms with Gasteiger partial charge in [0.25, 0.3) is 0 Å². The van der Waals surface area contributed by atoms with Gasteiger partial charge in [-0.25, -0.2) is 0 Å². The second-order valence-electron chi connectivity index (χ2n) is 4.68. The number of hydrogen-bond acceptors (Lipinski definition) is 1. The van der Waals surface area contributed by atoms with Crippen LogP contribution in [-0.4, -0.2) is 29.9 Å². The van der Waals surface area contributed by atoms with Crippen molar-refractivity contribution in [3.63, 3.8) is 0 Å². The van der Waals surface area contributed by atoms with E-state index in [0.29, 0.717) is 6.42 Å². The molecule has 3 heteroatoms. The van der Waals surface area contributed by atoms with E-state index in [0.717, 1.165) is 12.8 Å². The third-order valence-corrected chi connectivity index (χ3v) is 2.99. The van der Waals surface area contributed by atoms with Crippen LogP contribution in [0.4, 0.5) is 0 Å². The van der Waals surface area contributed by atoms with Crippen molar-refractivity contribution in [1.29, 1.82) is 0 Å². The average Bonchev–Trinajstić information content (AvgIpc) is 2.25. The van der Waals surface area contributed by atoms with Crippen molar-refractivity contribution < 1.29 is 9.90 Å². The molecule has 0 aliphatic rings. The SMILES string of the molecule is CCCCCCCCCCCCCC(=O)O.[LiH]. The Morgan fingerprint density at radius 1 is 0.765 bits per heavy atom. The topological polar surface area (TPSA) is 37.3 Å². The summed E-state index contributed by atoms with van der Waals surface area (Å²) in [5.74, 6) is -0.657. The quantitative estimate of drug-likeness (QED) is 0.409. The van der Waals surface area contributed by atoms with E-state index in [1.54, 1.807) is 0 Å². The summed E-state index contributed by atoms with van der Waals surface area (Å²) in [5.41, 5.74) is 0. The summed E-state index contributed by atoms with van der Waals surface area (Å²) < 4.78 is 0. The number of rotatable bonds is 12. The molecule has 0 aliphatic carbocycles. The van der Waals surface area contributed by atoms with Crippen molar-refractivity contribution in [1.82, 2.24) is 0 Å². The number of carbonyl (C=O) groups is 1. The molecule has 0 aromatic carbocycles. The predicted octanol–water partition coefficient (Wildman–Crippen LogP) is 4.12. The van der Waals surface area contributed by atoms with Crippen LogP contribution in [0.3, 0.4) is 0 Å². The molecule has 0 rings (SSSR count). The van der Waals surface area contributed by atoms with Crippen LogP contribution in [0, 0.1) is 0 Å². The number of aliphatic carboxylic acids is 1. The molecule has 0 spiro atoms. The van der Waals surface area contributed by atoms with Gasteiger partial charge in [-0.3, -0.25) is 4.79 Å². The Morgan fingerprint density at radius 2 is 1.12 bits per heavy atom. The van der Waals surface area contributed by atoms with E-state index in [9.17, 15) is 4.79 Å². The summed E-state index contributed by atoms with van der Waals surface area (Å²) in [7, 11) is 0. The molecule has 0 unspecified atom stereocenters. The maximum absolute atomic E-state index is 10.3. The third kappa shape index (κ3) is 18.6. The van der Waals surface area contributed by atoms with E-state index in [1.165, 1.54) is 57.8 Å². The fourth-order valence-corrected chi connectivity index (χ4v) is 1.94. The molecule has 1 N–H and O–H groups in total. The van der Waals surface area contributed by atoms with Gasteiger partial charge >= 0.3 is 24.8 Å². The van der Waals surface area contributed by atoms with E-state index in [2.05, 4.69) is 6.92 Å². The normalized spacial score (nSPS) is 9.94. The van der Waals surface area contributed by atoms with Crippen LogP contribution in [-0.2, 0) is 4.79 Å². The first-order chi connectivity index (χ1) is 7.77. The standard InChI is InChI=1S/C14H28O2.Li.H/c1-2-3-4-5-6-7-8-9-10-11-12-13-14(15)16;;/h2-13H2,1H3,(H,15,16);;. The molecule has 0 heterocycles. The number of hydrogen-bond donors (Lipinski definition) is 1. The maximum atomic E-state index is 10.3. The Balaban J connectivity index is 0. The van der Waals surface area contributed by atoms with Crippen LogP contribution in [0.1, 0.15) is 84.0 Å². The molecule has 0 saturated carbocycles. The summed E-state index contributed by atoms with van der Waals surface area (Å²) in [6.45, 7) is 2.25. The minimum atomic E-state index is -0.657. The number of carboxylic acid groups (broad SMARTS) is 1. The Hall–Kier alpha value is 0.0674. The molecular formula is C14H29LiO2. The van der Waals surface area contributed by atoms with Crippen molar-refractivity contribution in [3.05, 3.63) is 0 Å². The predicted molar refractivity (Wildman–Crippen MR) is 75.9 cm³/mol. The molecule has 98 valence electrons. The molecule has 0 atom stereocenters. The molecule has 0 bridgehead atoms. The van der Waals surface area contributed by atoms with Crippen molar-refractivity contribution in [2.45, 2.75) is 84.0 Å². The van der Waals surface area contributed by atoms with Gasteiger partial charge in [-0.2, -0.15) is 0 Å². The monoisotopic (exact) mass is 236 g/mol. The van der Waals surface area contributed by atoms with E-state index in [4.69, 9.17) is 5.11 Å². The molecule has 0 aromatic heterocycles. The minimum absolute atomic E-state index is 0. The van der Waals surface area contributed by atoms with Crippen molar-refractivity contribution in [3.8, 4) is 0 Å². The molecule has 17 heavy (non-hydrogen) atoms. The zero-order valence-electron chi connectivity index (χ0n) is 10.8.